The van der Waals surface area contributed by atoms with E-state index < -0.39 is 15.8 Å². The monoisotopic (exact) mass is 335 g/mol. The molecular formula is C16H17NO5S. The minimum absolute atomic E-state index is 0.0505. The molecule has 1 aliphatic heterocycles. The number of sulfone groups is 1. The summed E-state index contributed by atoms with van der Waals surface area (Å²) in [7, 11) is -2.97. The van der Waals surface area contributed by atoms with Gasteiger partial charge >= 0.3 is 5.97 Å². The number of nitrogens with zero attached hydrogens (tertiary/aromatic N) is 1. The molecule has 1 aliphatic rings. The predicted octanol–water partition coefficient (Wildman–Crippen LogP) is 2.21. The van der Waals surface area contributed by atoms with Gasteiger partial charge in [-0.05, 0) is 12.3 Å². The van der Waals surface area contributed by atoms with Crippen LogP contribution in [0.4, 0.5) is 0 Å². The van der Waals surface area contributed by atoms with Gasteiger partial charge in [-0.15, -0.1) is 0 Å². The smallest absolute Gasteiger partial charge is 0.306 e. The van der Waals surface area contributed by atoms with Crippen LogP contribution in [0.15, 0.2) is 40.9 Å². The Kier molecular flexibility index (Phi) is 4.47. The van der Waals surface area contributed by atoms with E-state index in [0.717, 1.165) is 5.56 Å². The molecular weight excluding hydrogens is 318 g/mol. The summed E-state index contributed by atoms with van der Waals surface area (Å²) in [6, 6.07) is 9.50. The second kappa shape index (κ2) is 6.54. The molecule has 1 saturated heterocycles. The number of ether oxygens (including phenoxy) is 1. The van der Waals surface area contributed by atoms with E-state index in [1.807, 2.05) is 30.3 Å². The van der Waals surface area contributed by atoms with Crippen molar-refractivity contribution < 1.29 is 22.4 Å². The van der Waals surface area contributed by atoms with Crippen LogP contribution >= 0.6 is 0 Å². The largest absolute Gasteiger partial charge is 0.456 e. The van der Waals surface area contributed by atoms with Crippen molar-refractivity contribution in [1.29, 1.82) is 0 Å². The number of oxazole rings is 1. The Morgan fingerprint density at radius 2 is 2.09 bits per heavy atom. The summed E-state index contributed by atoms with van der Waals surface area (Å²) >= 11 is 0. The Balaban J connectivity index is 1.51. The fourth-order valence-corrected chi connectivity index (χ4v) is 4.44. The van der Waals surface area contributed by atoms with Crippen molar-refractivity contribution in [3.8, 4) is 11.3 Å². The lowest BCUT2D eigenvalue weighted by Crippen LogP contribution is -2.13. The highest BCUT2D eigenvalue weighted by molar-refractivity contribution is 7.91. The van der Waals surface area contributed by atoms with Gasteiger partial charge in [0.2, 0.25) is 5.89 Å². The first-order valence-electron chi connectivity index (χ1n) is 7.38. The van der Waals surface area contributed by atoms with Gasteiger partial charge in [0.25, 0.3) is 0 Å². The molecule has 7 heteroatoms. The summed E-state index contributed by atoms with van der Waals surface area (Å²) in [4.78, 5) is 15.9. The van der Waals surface area contributed by atoms with Gasteiger partial charge in [0.1, 0.15) is 0 Å². The third-order valence-electron chi connectivity index (χ3n) is 3.75. The Morgan fingerprint density at radius 3 is 2.78 bits per heavy atom. The molecule has 122 valence electrons. The highest BCUT2D eigenvalue weighted by atomic mass is 32.2. The lowest BCUT2D eigenvalue weighted by atomic mass is 10.1. The highest BCUT2D eigenvalue weighted by Gasteiger charge is 2.29. The van der Waals surface area contributed by atoms with E-state index in [1.54, 1.807) is 6.20 Å². The van der Waals surface area contributed by atoms with Crippen molar-refractivity contribution in [2.24, 2.45) is 5.92 Å². The topological polar surface area (TPSA) is 86.5 Å². The first kappa shape index (κ1) is 15.7. The molecule has 1 fully saturated rings. The van der Waals surface area contributed by atoms with Gasteiger partial charge in [-0.2, -0.15) is 0 Å². The first-order valence-corrected chi connectivity index (χ1v) is 9.20. The molecule has 0 bridgehead atoms. The summed E-state index contributed by atoms with van der Waals surface area (Å²) in [5.74, 6) is 0.586. The second-order valence-corrected chi connectivity index (χ2v) is 7.85. The fourth-order valence-electron chi connectivity index (χ4n) is 2.58. The minimum atomic E-state index is -2.97. The maximum Gasteiger partial charge on any atom is 0.306 e. The zero-order valence-electron chi connectivity index (χ0n) is 12.5. The highest BCUT2D eigenvalue weighted by Crippen LogP contribution is 2.23. The van der Waals surface area contributed by atoms with Crippen molar-refractivity contribution in [2.75, 3.05) is 11.5 Å². The number of rotatable bonds is 5. The van der Waals surface area contributed by atoms with Gasteiger partial charge in [-0.3, -0.25) is 4.79 Å². The maximum absolute atomic E-state index is 11.8. The van der Waals surface area contributed by atoms with Crippen LogP contribution in [0.5, 0.6) is 0 Å². The van der Waals surface area contributed by atoms with Crippen LogP contribution in [-0.2, 0) is 26.0 Å². The summed E-state index contributed by atoms with van der Waals surface area (Å²) < 4.78 is 33.4. The number of hydrogen-bond donors (Lipinski definition) is 0. The third kappa shape index (κ3) is 4.19. The number of benzene rings is 1. The Morgan fingerprint density at radius 1 is 1.30 bits per heavy atom. The van der Waals surface area contributed by atoms with E-state index in [-0.39, 0.29) is 30.5 Å². The minimum Gasteiger partial charge on any atom is -0.456 e. The second-order valence-electron chi connectivity index (χ2n) is 5.62. The van der Waals surface area contributed by atoms with Gasteiger partial charge < -0.3 is 9.15 Å². The quantitative estimate of drug-likeness (QED) is 0.779. The summed E-state index contributed by atoms with van der Waals surface area (Å²) in [5, 5.41) is 0. The molecule has 0 saturated carbocycles. The normalized spacial score (nSPS) is 19.6. The molecule has 0 unspecified atom stereocenters. The molecule has 2 aromatic rings. The zero-order valence-corrected chi connectivity index (χ0v) is 13.3. The molecule has 1 atom stereocenters. The van der Waals surface area contributed by atoms with Crippen LogP contribution in [0.3, 0.4) is 0 Å². The Hall–Kier alpha value is -2.15. The molecule has 2 heterocycles. The molecule has 23 heavy (non-hydrogen) atoms. The summed E-state index contributed by atoms with van der Waals surface area (Å²) in [6.45, 7) is -0.0505. The number of esters is 1. The molecule has 6 nitrogen and oxygen atoms in total. The molecule has 0 N–H and O–H groups in total. The Labute approximate surface area is 134 Å². The number of carbonyl (C=O) groups is 1. The van der Waals surface area contributed by atoms with E-state index in [2.05, 4.69) is 4.98 Å². The van der Waals surface area contributed by atoms with Gasteiger partial charge in [0.15, 0.2) is 22.2 Å². The number of hydrogen-bond acceptors (Lipinski definition) is 6. The summed E-state index contributed by atoms with van der Waals surface area (Å²) in [5.41, 5.74) is 0.897. The maximum atomic E-state index is 11.8. The zero-order chi connectivity index (χ0) is 16.3. The summed E-state index contributed by atoms with van der Waals surface area (Å²) in [6.07, 6.45) is 2.22. The standard InChI is InChI=1S/C16H17NO5S/c18-16(8-12-6-7-23(19,20)11-12)21-10-15-17-9-14(22-15)13-4-2-1-3-5-13/h1-5,9,12H,6-8,10-11H2/t12-/m1/s1. The van der Waals surface area contributed by atoms with Crippen LogP contribution in [0.25, 0.3) is 11.3 Å². The predicted molar refractivity (Wildman–Crippen MR) is 83.1 cm³/mol. The molecule has 0 spiro atoms. The number of aromatic nitrogens is 1. The van der Waals surface area contributed by atoms with E-state index >= 15 is 0 Å². The lowest BCUT2D eigenvalue weighted by molar-refractivity contribution is -0.146. The van der Waals surface area contributed by atoms with Gasteiger partial charge in [-0.1, -0.05) is 30.3 Å². The van der Waals surface area contributed by atoms with E-state index in [9.17, 15) is 13.2 Å². The van der Waals surface area contributed by atoms with Crippen LogP contribution in [0, 0.1) is 5.92 Å². The van der Waals surface area contributed by atoms with E-state index in [1.165, 1.54) is 0 Å². The average molecular weight is 335 g/mol. The van der Waals surface area contributed by atoms with Gasteiger partial charge in [0, 0.05) is 12.0 Å². The molecule has 0 aliphatic carbocycles. The van der Waals surface area contributed by atoms with Crippen LogP contribution in [0.1, 0.15) is 18.7 Å². The lowest BCUT2D eigenvalue weighted by Gasteiger charge is -2.06. The molecule has 3 rings (SSSR count). The van der Waals surface area contributed by atoms with E-state index in [0.29, 0.717) is 18.1 Å². The van der Waals surface area contributed by atoms with Crippen LogP contribution in [-0.4, -0.2) is 30.9 Å². The van der Waals surface area contributed by atoms with Crippen LogP contribution < -0.4 is 0 Å². The fraction of sp³-hybridized carbons (Fsp3) is 0.375. The Bertz CT molecular complexity index is 782. The van der Waals surface area contributed by atoms with Crippen molar-refractivity contribution in [3.63, 3.8) is 0 Å². The molecule has 1 aromatic heterocycles. The van der Waals surface area contributed by atoms with Gasteiger partial charge in [-0.25, -0.2) is 13.4 Å². The van der Waals surface area contributed by atoms with Crippen LogP contribution in [0.2, 0.25) is 0 Å². The molecule has 1 aromatic carbocycles. The molecule has 0 radical (unpaired) electrons. The SMILES string of the molecule is O=C(C[C@H]1CCS(=O)(=O)C1)OCc1ncc(-c2ccccc2)o1. The number of carbonyl (C=O) groups excluding carboxylic acids is 1. The van der Waals surface area contributed by atoms with Crippen molar-refractivity contribution >= 4 is 15.8 Å². The van der Waals surface area contributed by atoms with Crippen molar-refractivity contribution in [2.45, 2.75) is 19.4 Å². The van der Waals surface area contributed by atoms with E-state index in [4.69, 9.17) is 9.15 Å². The first-order chi connectivity index (χ1) is 11.0. The third-order valence-corrected chi connectivity index (χ3v) is 5.59. The van der Waals surface area contributed by atoms with Crippen molar-refractivity contribution in [3.05, 3.63) is 42.4 Å². The van der Waals surface area contributed by atoms with Crippen molar-refractivity contribution in [1.82, 2.24) is 4.98 Å². The average Bonchev–Trinajstić information content (AvgIpc) is 3.13. The van der Waals surface area contributed by atoms with Gasteiger partial charge in [0.05, 0.1) is 17.7 Å². The molecule has 0 amide bonds.